The summed E-state index contributed by atoms with van der Waals surface area (Å²) in [5.74, 6) is -0.891. The van der Waals surface area contributed by atoms with Gasteiger partial charge in [0, 0.05) is 11.9 Å². The minimum atomic E-state index is -0.891. The number of carbonyl (C=O) groups is 1. The van der Waals surface area contributed by atoms with Crippen LogP contribution < -0.4 is 0 Å². The van der Waals surface area contributed by atoms with E-state index in [1.807, 2.05) is 0 Å². The number of fused-ring (bicyclic) bond motifs is 1. The number of pyridine rings is 1. The monoisotopic (exact) mass is 199 g/mol. The number of rotatable bonds is 1. The van der Waals surface area contributed by atoms with E-state index in [1.165, 1.54) is 6.20 Å². The van der Waals surface area contributed by atoms with E-state index in [0.29, 0.717) is 5.56 Å². The molecular formula is C9H10ClNO2. The molecule has 0 fully saturated rings. The first-order valence-corrected chi connectivity index (χ1v) is 3.98. The van der Waals surface area contributed by atoms with Gasteiger partial charge in [0.15, 0.2) is 0 Å². The van der Waals surface area contributed by atoms with Gasteiger partial charge >= 0.3 is 5.97 Å². The maximum absolute atomic E-state index is 10.6. The molecular weight excluding hydrogens is 190 g/mol. The van der Waals surface area contributed by atoms with Gasteiger partial charge in [-0.25, -0.2) is 4.79 Å². The van der Waals surface area contributed by atoms with Crippen LogP contribution in [-0.2, 0) is 12.8 Å². The van der Waals surface area contributed by atoms with E-state index in [-0.39, 0.29) is 12.4 Å². The summed E-state index contributed by atoms with van der Waals surface area (Å²) in [7, 11) is 0. The molecule has 1 heterocycles. The molecule has 0 atom stereocenters. The van der Waals surface area contributed by atoms with Crippen molar-refractivity contribution < 1.29 is 9.90 Å². The number of hydrogen-bond donors (Lipinski definition) is 1. The first-order valence-electron chi connectivity index (χ1n) is 3.98. The summed E-state index contributed by atoms with van der Waals surface area (Å²) >= 11 is 0. The van der Waals surface area contributed by atoms with E-state index in [4.69, 9.17) is 5.11 Å². The first kappa shape index (κ1) is 9.99. The average Bonchev–Trinajstić information content (AvgIpc) is 2.49. The van der Waals surface area contributed by atoms with Crippen molar-refractivity contribution in [1.82, 2.24) is 4.98 Å². The lowest BCUT2D eigenvalue weighted by Crippen LogP contribution is -1.99. The molecule has 0 spiro atoms. The predicted octanol–water partition coefficient (Wildman–Crippen LogP) is 1.69. The zero-order chi connectivity index (χ0) is 8.55. The molecule has 0 unspecified atom stereocenters. The van der Waals surface area contributed by atoms with Crippen LogP contribution in [0, 0.1) is 0 Å². The van der Waals surface area contributed by atoms with Gasteiger partial charge < -0.3 is 5.11 Å². The second kappa shape index (κ2) is 3.75. The van der Waals surface area contributed by atoms with E-state index in [9.17, 15) is 4.79 Å². The van der Waals surface area contributed by atoms with Crippen LogP contribution in [0.1, 0.15) is 28.0 Å². The molecule has 1 aromatic rings. The molecule has 13 heavy (non-hydrogen) atoms. The molecule has 0 bridgehead atoms. The summed E-state index contributed by atoms with van der Waals surface area (Å²) in [6.45, 7) is 0. The Bertz CT molecular complexity index is 338. The Kier molecular flexibility index (Phi) is 2.88. The van der Waals surface area contributed by atoms with Crippen LogP contribution in [0.5, 0.6) is 0 Å². The fourth-order valence-corrected chi connectivity index (χ4v) is 1.54. The van der Waals surface area contributed by atoms with Gasteiger partial charge in [0.1, 0.15) is 0 Å². The third-order valence-electron chi connectivity index (χ3n) is 2.17. The molecule has 1 aliphatic rings. The summed E-state index contributed by atoms with van der Waals surface area (Å²) in [6, 6.07) is 1.73. The third kappa shape index (κ3) is 1.80. The topological polar surface area (TPSA) is 50.2 Å². The quantitative estimate of drug-likeness (QED) is 0.749. The van der Waals surface area contributed by atoms with Crippen LogP contribution in [0.4, 0.5) is 0 Å². The predicted molar refractivity (Wildman–Crippen MR) is 50.5 cm³/mol. The Morgan fingerprint density at radius 1 is 1.46 bits per heavy atom. The summed E-state index contributed by atoms with van der Waals surface area (Å²) in [6.07, 6.45) is 4.51. The maximum atomic E-state index is 10.6. The van der Waals surface area contributed by atoms with E-state index in [0.717, 1.165) is 30.5 Å². The van der Waals surface area contributed by atoms with Crippen molar-refractivity contribution in [2.75, 3.05) is 0 Å². The van der Waals surface area contributed by atoms with Crippen LogP contribution >= 0.6 is 12.4 Å². The molecule has 0 saturated heterocycles. The third-order valence-corrected chi connectivity index (χ3v) is 2.17. The molecule has 0 aromatic carbocycles. The highest BCUT2D eigenvalue weighted by Gasteiger charge is 2.14. The van der Waals surface area contributed by atoms with Gasteiger partial charge in [-0.1, -0.05) is 0 Å². The van der Waals surface area contributed by atoms with Gasteiger partial charge in [-0.2, -0.15) is 0 Å². The van der Waals surface area contributed by atoms with Gasteiger partial charge in [-0.05, 0) is 30.9 Å². The smallest absolute Gasteiger partial charge is 0.337 e. The molecule has 0 amide bonds. The Hall–Kier alpha value is -1.09. The molecule has 3 nitrogen and oxygen atoms in total. The minimum absolute atomic E-state index is 0. The number of aryl methyl sites for hydroxylation is 2. The van der Waals surface area contributed by atoms with Gasteiger partial charge in [0.05, 0.1) is 5.56 Å². The minimum Gasteiger partial charge on any atom is -0.478 e. The van der Waals surface area contributed by atoms with Crippen molar-refractivity contribution in [3.8, 4) is 0 Å². The molecule has 1 N–H and O–H groups in total. The van der Waals surface area contributed by atoms with Gasteiger partial charge in [-0.3, -0.25) is 4.98 Å². The van der Waals surface area contributed by atoms with Crippen molar-refractivity contribution >= 4 is 18.4 Å². The molecule has 0 radical (unpaired) electrons. The zero-order valence-electron chi connectivity index (χ0n) is 6.99. The Morgan fingerprint density at radius 2 is 2.23 bits per heavy atom. The van der Waals surface area contributed by atoms with Gasteiger partial charge in [0.25, 0.3) is 0 Å². The average molecular weight is 200 g/mol. The number of hydrogen-bond acceptors (Lipinski definition) is 2. The van der Waals surface area contributed by atoms with E-state index in [2.05, 4.69) is 4.98 Å². The maximum Gasteiger partial charge on any atom is 0.337 e. The number of nitrogens with zero attached hydrogens (tertiary/aromatic N) is 1. The van der Waals surface area contributed by atoms with Crippen molar-refractivity contribution in [3.05, 3.63) is 29.1 Å². The lowest BCUT2D eigenvalue weighted by atomic mass is 10.1. The number of aromatic carboxylic acids is 1. The SMILES string of the molecule is Cl.O=C(O)c1cnc2c(c1)CCC2. The van der Waals surface area contributed by atoms with Gasteiger partial charge in [0.2, 0.25) is 0 Å². The summed E-state index contributed by atoms with van der Waals surface area (Å²) < 4.78 is 0. The number of halogens is 1. The van der Waals surface area contributed by atoms with E-state index < -0.39 is 5.97 Å². The van der Waals surface area contributed by atoms with Gasteiger partial charge in [-0.15, -0.1) is 12.4 Å². The number of aromatic nitrogens is 1. The first-order chi connectivity index (χ1) is 5.77. The Morgan fingerprint density at radius 3 is 2.92 bits per heavy atom. The van der Waals surface area contributed by atoms with Crippen LogP contribution in [-0.4, -0.2) is 16.1 Å². The lowest BCUT2D eigenvalue weighted by Gasteiger charge is -1.98. The fraction of sp³-hybridized carbons (Fsp3) is 0.333. The standard InChI is InChI=1S/C9H9NO2.ClH/c11-9(12)7-4-6-2-1-3-8(6)10-5-7;/h4-5H,1-3H2,(H,11,12);1H. The van der Waals surface area contributed by atoms with Crippen molar-refractivity contribution in [3.63, 3.8) is 0 Å². The molecule has 4 heteroatoms. The van der Waals surface area contributed by atoms with Crippen molar-refractivity contribution in [2.24, 2.45) is 0 Å². The normalized spacial score (nSPS) is 13.2. The second-order valence-electron chi connectivity index (χ2n) is 2.99. The summed E-state index contributed by atoms with van der Waals surface area (Å²) in [4.78, 5) is 14.7. The zero-order valence-corrected chi connectivity index (χ0v) is 7.80. The van der Waals surface area contributed by atoms with Crippen LogP contribution in [0.3, 0.4) is 0 Å². The van der Waals surface area contributed by atoms with Crippen LogP contribution in [0.25, 0.3) is 0 Å². The van der Waals surface area contributed by atoms with Crippen molar-refractivity contribution in [1.29, 1.82) is 0 Å². The molecule has 0 aliphatic heterocycles. The Labute approximate surface area is 82.2 Å². The van der Waals surface area contributed by atoms with E-state index >= 15 is 0 Å². The lowest BCUT2D eigenvalue weighted by molar-refractivity contribution is 0.0696. The molecule has 1 aliphatic carbocycles. The van der Waals surface area contributed by atoms with Crippen LogP contribution in [0.2, 0.25) is 0 Å². The highest BCUT2D eigenvalue weighted by Crippen LogP contribution is 2.20. The van der Waals surface area contributed by atoms with E-state index in [1.54, 1.807) is 6.07 Å². The fourth-order valence-electron chi connectivity index (χ4n) is 1.54. The molecule has 1 aromatic heterocycles. The largest absolute Gasteiger partial charge is 0.478 e. The summed E-state index contributed by atoms with van der Waals surface area (Å²) in [5.41, 5.74) is 2.48. The number of carboxylic acids is 1. The molecule has 70 valence electrons. The second-order valence-corrected chi connectivity index (χ2v) is 2.99. The molecule has 0 saturated carbocycles. The molecule has 2 rings (SSSR count). The summed E-state index contributed by atoms with van der Waals surface area (Å²) in [5, 5.41) is 8.68. The van der Waals surface area contributed by atoms with Crippen molar-refractivity contribution in [2.45, 2.75) is 19.3 Å². The highest BCUT2D eigenvalue weighted by atomic mass is 35.5. The number of carboxylic acid groups (broad SMARTS) is 1. The Balaban J connectivity index is 0.000000845. The highest BCUT2D eigenvalue weighted by molar-refractivity contribution is 5.87. The van der Waals surface area contributed by atoms with Crippen LogP contribution in [0.15, 0.2) is 12.3 Å².